The van der Waals surface area contributed by atoms with Crippen molar-refractivity contribution in [2.45, 2.75) is 25.7 Å². The molecule has 0 nitrogen and oxygen atoms in total. The fourth-order valence-corrected chi connectivity index (χ4v) is 6.13. The largest absolute Gasteiger partial charge is 2.00 e. The van der Waals surface area contributed by atoms with Crippen LogP contribution in [-0.4, -0.2) is 0 Å². The van der Waals surface area contributed by atoms with Crippen molar-refractivity contribution in [1.29, 1.82) is 0 Å². The first-order chi connectivity index (χ1) is 14.8. The van der Waals surface area contributed by atoms with Crippen molar-refractivity contribution in [3.8, 4) is 22.3 Å². The van der Waals surface area contributed by atoms with Gasteiger partial charge in [0.2, 0.25) is 0 Å². The second-order valence-corrected chi connectivity index (χ2v) is 9.02. The summed E-state index contributed by atoms with van der Waals surface area (Å²) in [5.41, 5.74) is 11.7. The third kappa shape index (κ3) is 3.97. The minimum absolute atomic E-state index is 0. The average molecular weight is 549 g/mol. The third-order valence-electron chi connectivity index (χ3n) is 7.64. The van der Waals surface area contributed by atoms with Gasteiger partial charge in [0.1, 0.15) is 0 Å². The third-order valence-corrected chi connectivity index (χ3v) is 7.64. The molecule has 2 aliphatic carbocycles. The van der Waals surface area contributed by atoms with E-state index >= 15 is 0 Å². The zero-order chi connectivity index (χ0) is 20.2. The molecule has 0 saturated heterocycles. The van der Waals surface area contributed by atoms with E-state index in [2.05, 4.69) is 111 Å². The number of hydrogen-bond donors (Lipinski definition) is 0. The van der Waals surface area contributed by atoms with Gasteiger partial charge in [0.15, 0.2) is 0 Å². The quantitative estimate of drug-likeness (QED) is 0.367. The summed E-state index contributed by atoms with van der Waals surface area (Å²) in [4.78, 5) is 0. The molecule has 0 saturated carbocycles. The van der Waals surface area contributed by atoms with Gasteiger partial charge >= 0.3 is 26.2 Å². The maximum Gasteiger partial charge on any atom is 2.00 e. The van der Waals surface area contributed by atoms with Crippen LogP contribution in [0.5, 0.6) is 0 Å². The Morgan fingerprint density at radius 1 is 0.424 bits per heavy atom. The Morgan fingerprint density at radius 2 is 0.636 bits per heavy atom. The van der Waals surface area contributed by atoms with Crippen LogP contribution in [0, 0.1) is 11.8 Å². The summed E-state index contributed by atoms with van der Waals surface area (Å²) in [6.07, 6.45) is 0. The Kier molecular flexibility index (Phi) is 8.11. The van der Waals surface area contributed by atoms with Crippen LogP contribution in [0.3, 0.4) is 0 Å². The summed E-state index contributed by atoms with van der Waals surface area (Å²) in [6.45, 7) is 4.94. The monoisotopic (exact) mass is 546 g/mol. The van der Waals surface area contributed by atoms with Gasteiger partial charge in [-0.1, -0.05) is 111 Å². The van der Waals surface area contributed by atoms with Crippen molar-refractivity contribution in [3.05, 3.63) is 119 Å². The number of benzene rings is 4. The predicted octanol–water partition coefficient (Wildman–Crippen LogP) is 1.89. The van der Waals surface area contributed by atoms with E-state index < -0.39 is 0 Å². The number of fused-ring (bicyclic) bond motifs is 6. The molecule has 164 valence electrons. The van der Waals surface area contributed by atoms with Gasteiger partial charge in [0.05, 0.1) is 0 Å². The minimum Gasteiger partial charge on any atom is -1.00 e. The second kappa shape index (κ2) is 10.3. The van der Waals surface area contributed by atoms with Gasteiger partial charge in [-0.2, -0.15) is 0 Å². The zero-order valence-electron chi connectivity index (χ0n) is 18.8. The molecule has 0 N–H and O–H groups in total. The van der Waals surface area contributed by atoms with Crippen molar-refractivity contribution >= 4 is 0 Å². The Labute approximate surface area is 228 Å². The molecule has 3 heteroatoms. The van der Waals surface area contributed by atoms with Crippen molar-refractivity contribution < 1.29 is 51.0 Å². The molecule has 6 rings (SSSR count). The van der Waals surface area contributed by atoms with E-state index in [0.29, 0.717) is 23.7 Å². The summed E-state index contributed by atoms with van der Waals surface area (Å²) >= 11 is 0. The Balaban J connectivity index is 0.00000102. The maximum absolute atomic E-state index is 2.47. The molecule has 0 aromatic heterocycles. The van der Waals surface area contributed by atoms with Gasteiger partial charge in [-0.15, -0.1) is 0 Å². The van der Waals surface area contributed by atoms with E-state index in [9.17, 15) is 0 Å². The van der Waals surface area contributed by atoms with E-state index in [4.69, 9.17) is 0 Å². The molecule has 0 fully saturated rings. The molecule has 0 amide bonds. The van der Waals surface area contributed by atoms with Crippen LogP contribution in [0.1, 0.15) is 47.9 Å². The van der Waals surface area contributed by atoms with Crippen LogP contribution < -0.4 is 24.8 Å². The number of hydrogen-bond acceptors (Lipinski definition) is 0. The average Bonchev–Trinajstić information content (AvgIpc) is 3.31. The van der Waals surface area contributed by atoms with Crippen LogP contribution in [0.4, 0.5) is 0 Å². The normalized spacial score (nSPS) is 15.0. The second-order valence-electron chi connectivity index (χ2n) is 9.02. The van der Waals surface area contributed by atoms with Crippen LogP contribution in [0.2, 0.25) is 0 Å². The standard InChI is InChI=1S/C30H26.2ClH.Zr/c1-19(29-25-15-7-3-11-21(25)22-12-4-8-16-26(22)29)20(2)30-27-17-9-5-13-23(27)24-14-6-10-18-28(24)30;;;/h3-20,29-30H,1-2H3;2*1H;/q;;;+2/p-2. The number of halogens is 2. The van der Waals surface area contributed by atoms with Crippen molar-refractivity contribution in [2.75, 3.05) is 0 Å². The first kappa shape index (κ1) is 26.0. The molecule has 4 aromatic carbocycles. The van der Waals surface area contributed by atoms with Gasteiger partial charge in [-0.05, 0) is 56.3 Å². The fraction of sp³-hybridized carbons (Fsp3) is 0.200. The van der Waals surface area contributed by atoms with E-state index in [1.165, 1.54) is 44.5 Å². The minimum atomic E-state index is 0. The van der Waals surface area contributed by atoms with E-state index in [1.54, 1.807) is 0 Å². The molecule has 4 aromatic rings. The van der Waals surface area contributed by atoms with Gasteiger partial charge in [0.25, 0.3) is 0 Å². The summed E-state index contributed by atoms with van der Waals surface area (Å²) in [5.74, 6) is 1.96. The molecular weight excluding hydrogens is 522 g/mol. The Bertz CT molecular complexity index is 1080. The molecule has 2 aliphatic rings. The molecule has 0 bridgehead atoms. The Morgan fingerprint density at radius 3 is 0.879 bits per heavy atom. The Hall–Kier alpha value is -1.66. The van der Waals surface area contributed by atoms with E-state index in [-0.39, 0.29) is 51.0 Å². The smallest absolute Gasteiger partial charge is 1.00 e. The van der Waals surface area contributed by atoms with Crippen molar-refractivity contribution in [3.63, 3.8) is 0 Å². The van der Waals surface area contributed by atoms with E-state index in [0.717, 1.165) is 0 Å². The summed E-state index contributed by atoms with van der Waals surface area (Å²) in [5, 5.41) is 0. The van der Waals surface area contributed by atoms with Crippen LogP contribution >= 0.6 is 0 Å². The SMILES string of the molecule is CC(C1c2ccccc2-c2ccccc21)C(C)C1c2ccccc2-c2ccccc21.[Cl-].[Cl-].[Zr+2]. The van der Waals surface area contributed by atoms with Crippen molar-refractivity contribution in [2.24, 2.45) is 11.8 Å². The zero-order valence-corrected chi connectivity index (χ0v) is 22.8. The summed E-state index contributed by atoms with van der Waals surface area (Å²) in [6, 6.07) is 36.1. The van der Waals surface area contributed by atoms with Gasteiger partial charge < -0.3 is 24.8 Å². The molecule has 0 spiro atoms. The topological polar surface area (TPSA) is 0 Å². The van der Waals surface area contributed by atoms with Gasteiger partial charge in [-0.25, -0.2) is 0 Å². The van der Waals surface area contributed by atoms with Gasteiger partial charge in [-0.3, -0.25) is 0 Å². The van der Waals surface area contributed by atoms with Crippen LogP contribution in [0.15, 0.2) is 97.1 Å². The summed E-state index contributed by atoms with van der Waals surface area (Å²) in [7, 11) is 0. The number of rotatable bonds is 3. The fourth-order valence-electron chi connectivity index (χ4n) is 6.13. The van der Waals surface area contributed by atoms with Crippen molar-refractivity contribution in [1.82, 2.24) is 0 Å². The maximum atomic E-state index is 2.47. The van der Waals surface area contributed by atoms with Gasteiger partial charge in [0, 0.05) is 11.8 Å². The molecule has 2 unspecified atom stereocenters. The molecule has 0 radical (unpaired) electrons. The molecular formula is C30H26Cl2Zr. The first-order valence-corrected chi connectivity index (χ1v) is 11.1. The molecule has 0 aliphatic heterocycles. The molecule has 0 heterocycles. The molecule has 2 atom stereocenters. The molecule has 33 heavy (non-hydrogen) atoms. The van der Waals surface area contributed by atoms with E-state index in [1.807, 2.05) is 0 Å². The van der Waals surface area contributed by atoms with Crippen LogP contribution in [-0.2, 0) is 26.2 Å². The first-order valence-electron chi connectivity index (χ1n) is 11.1. The predicted molar refractivity (Wildman–Crippen MR) is 126 cm³/mol. The van der Waals surface area contributed by atoms with Crippen LogP contribution in [0.25, 0.3) is 22.3 Å². The summed E-state index contributed by atoms with van der Waals surface area (Å²) < 4.78 is 0.